The monoisotopic (exact) mass is 258 g/mol. The molecule has 2 heterocycles. The highest BCUT2D eigenvalue weighted by Crippen LogP contribution is 2.24. The molecule has 0 unspecified atom stereocenters. The Morgan fingerprint density at radius 3 is 3.00 bits per heavy atom. The second kappa shape index (κ2) is 4.92. The number of thiazole rings is 1. The van der Waals surface area contributed by atoms with Crippen molar-refractivity contribution in [2.75, 3.05) is 0 Å². The molecule has 0 aliphatic rings. The highest BCUT2D eigenvalue weighted by molar-refractivity contribution is 7.09. The number of nitrogens with one attached hydrogen (secondary N) is 1. The van der Waals surface area contributed by atoms with Crippen LogP contribution < -0.4 is 5.32 Å². The Morgan fingerprint density at radius 2 is 2.17 bits per heavy atom. The quantitative estimate of drug-likeness (QED) is 0.778. The molecule has 0 amide bonds. The molecule has 0 saturated heterocycles. The normalized spacial score (nSPS) is 11.2. The number of nitrogens with zero attached hydrogens (tertiary/aromatic N) is 1. The predicted molar refractivity (Wildman–Crippen MR) is 73.6 cm³/mol. The summed E-state index contributed by atoms with van der Waals surface area (Å²) in [5.74, 6) is 0.989. The van der Waals surface area contributed by atoms with E-state index in [1.807, 2.05) is 36.7 Å². The molecule has 1 aromatic carbocycles. The van der Waals surface area contributed by atoms with E-state index in [9.17, 15) is 0 Å². The Labute approximate surface area is 109 Å². The highest BCUT2D eigenvalue weighted by Gasteiger charge is 2.09. The van der Waals surface area contributed by atoms with Crippen molar-refractivity contribution in [3.05, 3.63) is 52.2 Å². The van der Waals surface area contributed by atoms with E-state index >= 15 is 0 Å². The van der Waals surface area contributed by atoms with Crippen LogP contribution in [0.25, 0.3) is 11.0 Å². The summed E-state index contributed by atoms with van der Waals surface area (Å²) in [6, 6.07) is 8.15. The maximum atomic E-state index is 5.73. The topological polar surface area (TPSA) is 38.1 Å². The molecule has 3 nitrogen and oxygen atoms in total. The van der Waals surface area contributed by atoms with Gasteiger partial charge in [0.25, 0.3) is 0 Å². The zero-order valence-corrected chi connectivity index (χ0v) is 11.0. The van der Waals surface area contributed by atoms with Gasteiger partial charge in [-0.25, -0.2) is 4.98 Å². The number of para-hydroxylation sites is 1. The smallest absolute Gasteiger partial charge is 0.134 e. The van der Waals surface area contributed by atoms with E-state index in [2.05, 4.69) is 16.4 Å². The van der Waals surface area contributed by atoms with Crippen molar-refractivity contribution in [3.63, 3.8) is 0 Å². The summed E-state index contributed by atoms with van der Waals surface area (Å²) in [5.41, 5.74) is 2.20. The van der Waals surface area contributed by atoms with Gasteiger partial charge in [0.2, 0.25) is 0 Å². The second-order valence-electron chi connectivity index (χ2n) is 4.16. The van der Waals surface area contributed by atoms with Crippen LogP contribution in [0.15, 0.2) is 40.3 Å². The second-order valence-corrected chi connectivity index (χ2v) is 5.14. The fraction of sp³-hybridized carbons (Fsp3) is 0.214. The third-order valence-corrected chi connectivity index (χ3v) is 3.74. The largest absolute Gasteiger partial charge is 0.461 e. The lowest BCUT2D eigenvalue weighted by atomic mass is 10.1. The van der Waals surface area contributed by atoms with Gasteiger partial charge in [-0.15, -0.1) is 11.3 Å². The molecule has 0 atom stereocenters. The van der Waals surface area contributed by atoms with Gasteiger partial charge >= 0.3 is 0 Å². The third-order valence-electron chi connectivity index (χ3n) is 2.96. The lowest BCUT2D eigenvalue weighted by Crippen LogP contribution is -2.12. The Bertz CT molecular complexity index is 643. The molecule has 3 rings (SSSR count). The van der Waals surface area contributed by atoms with Gasteiger partial charge in [0.05, 0.1) is 0 Å². The van der Waals surface area contributed by atoms with Crippen LogP contribution in [0, 0.1) is 6.92 Å². The number of rotatable bonds is 4. The summed E-state index contributed by atoms with van der Waals surface area (Å²) in [5, 5.41) is 7.71. The molecule has 4 heteroatoms. The number of furan rings is 1. The molecule has 2 aromatic heterocycles. The van der Waals surface area contributed by atoms with Gasteiger partial charge in [0.15, 0.2) is 0 Å². The van der Waals surface area contributed by atoms with Gasteiger partial charge in [-0.05, 0) is 13.0 Å². The van der Waals surface area contributed by atoms with E-state index in [0.29, 0.717) is 0 Å². The minimum absolute atomic E-state index is 0.802. The zero-order chi connectivity index (χ0) is 12.4. The first-order valence-corrected chi connectivity index (χ1v) is 6.78. The van der Waals surface area contributed by atoms with Crippen LogP contribution >= 0.6 is 11.3 Å². The first kappa shape index (κ1) is 11.4. The van der Waals surface area contributed by atoms with Gasteiger partial charge in [0, 0.05) is 35.6 Å². The van der Waals surface area contributed by atoms with Crippen LogP contribution in [0.4, 0.5) is 0 Å². The van der Waals surface area contributed by atoms with E-state index in [0.717, 1.165) is 29.4 Å². The number of benzene rings is 1. The molecule has 92 valence electrons. The predicted octanol–water partition coefficient (Wildman–Crippen LogP) is 3.49. The average molecular weight is 258 g/mol. The van der Waals surface area contributed by atoms with Crippen molar-refractivity contribution in [3.8, 4) is 0 Å². The minimum Gasteiger partial charge on any atom is -0.461 e. The van der Waals surface area contributed by atoms with Gasteiger partial charge in [-0.2, -0.15) is 0 Å². The summed E-state index contributed by atoms with van der Waals surface area (Å²) < 4.78 is 5.73. The van der Waals surface area contributed by atoms with Crippen LogP contribution in [0.1, 0.15) is 16.3 Å². The maximum absolute atomic E-state index is 5.73. The zero-order valence-electron chi connectivity index (χ0n) is 10.1. The van der Waals surface area contributed by atoms with Crippen molar-refractivity contribution >= 4 is 22.3 Å². The first-order chi connectivity index (χ1) is 8.84. The Kier molecular flexibility index (Phi) is 3.13. The van der Waals surface area contributed by atoms with Gasteiger partial charge in [-0.3, -0.25) is 0 Å². The molecule has 0 aliphatic carbocycles. The molecule has 0 bridgehead atoms. The van der Waals surface area contributed by atoms with E-state index in [1.165, 1.54) is 10.9 Å². The number of aromatic nitrogens is 1. The minimum atomic E-state index is 0.802. The van der Waals surface area contributed by atoms with Crippen molar-refractivity contribution < 1.29 is 4.42 Å². The van der Waals surface area contributed by atoms with Crippen LogP contribution in [0.5, 0.6) is 0 Å². The lowest BCUT2D eigenvalue weighted by molar-refractivity contribution is 0.565. The fourth-order valence-electron chi connectivity index (χ4n) is 2.08. The summed E-state index contributed by atoms with van der Waals surface area (Å²) in [6.07, 6.45) is 1.83. The van der Waals surface area contributed by atoms with Crippen molar-refractivity contribution in [2.45, 2.75) is 20.0 Å². The number of hydrogen-bond acceptors (Lipinski definition) is 4. The summed E-state index contributed by atoms with van der Waals surface area (Å²) in [4.78, 5) is 4.25. The Morgan fingerprint density at radius 1 is 1.28 bits per heavy atom. The number of fused-ring (bicyclic) bond motifs is 1. The molecular weight excluding hydrogens is 244 g/mol. The molecular formula is C14H14N2OS. The van der Waals surface area contributed by atoms with E-state index in [1.54, 1.807) is 11.3 Å². The molecule has 0 aliphatic heterocycles. The first-order valence-electron chi connectivity index (χ1n) is 5.90. The standard InChI is InChI=1S/C14H14N2OS/c1-10-12(8-15-9-14-16-6-7-18-14)11-4-2-3-5-13(11)17-10/h2-7,15H,8-9H2,1H3. The molecule has 0 saturated carbocycles. The molecule has 1 N–H and O–H groups in total. The van der Waals surface area contributed by atoms with Gasteiger partial charge in [-0.1, -0.05) is 18.2 Å². The van der Waals surface area contributed by atoms with Crippen molar-refractivity contribution in [1.29, 1.82) is 0 Å². The van der Waals surface area contributed by atoms with Crippen molar-refractivity contribution in [1.82, 2.24) is 10.3 Å². The maximum Gasteiger partial charge on any atom is 0.134 e. The van der Waals surface area contributed by atoms with Crippen LogP contribution in [0.3, 0.4) is 0 Å². The van der Waals surface area contributed by atoms with Crippen LogP contribution in [0.2, 0.25) is 0 Å². The number of hydrogen-bond donors (Lipinski definition) is 1. The molecule has 3 aromatic rings. The molecule has 18 heavy (non-hydrogen) atoms. The van der Waals surface area contributed by atoms with Gasteiger partial charge in [0.1, 0.15) is 16.4 Å². The fourth-order valence-corrected chi connectivity index (χ4v) is 2.66. The highest BCUT2D eigenvalue weighted by atomic mass is 32.1. The number of aryl methyl sites for hydroxylation is 1. The average Bonchev–Trinajstić information content (AvgIpc) is 2.98. The SMILES string of the molecule is Cc1oc2ccccc2c1CNCc1nccs1. The summed E-state index contributed by atoms with van der Waals surface area (Å²) in [7, 11) is 0. The van der Waals surface area contributed by atoms with Crippen molar-refractivity contribution in [2.24, 2.45) is 0 Å². The summed E-state index contributed by atoms with van der Waals surface area (Å²) >= 11 is 1.67. The van der Waals surface area contributed by atoms with E-state index < -0.39 is 0 Å². The summed E-state index contributed by atoms with van der Waals surface area (Å²) in [6.45, 7) is 3.62. The molecule has 0 radical (unpaired) electrons. The lowest BCUT2D eigenvalue weighted by Gasteiger charge is -2.02. The van der Waals surface area contributed by atoms with Gasteiger partial charge < -0.3 is 9.73 Å². The third kappa shape index (κ3) is 2.17. The molecule has 0 spiro atoms. The van der Waals surface area contributed by atoms with Crippen LogP contribution in [-0.4, -0.2) is 4.98 Å². The van der Waals surface area contributed by atoms with Crippen LogP contribution in [-0.2, 0) is 13.1 Å². The Hall–Kier alpha value is -1.65. The van der Waals surface area contributed by atoms with E-state index in [-0.39, 0.29) is 0 Å². The van der Waals surface area contributed by atoms with E-state index in [4.69, 9.17) is 4.42 Å². The Balaban J connectivity index is 1.76. The molecule has 0 fully saturated rings.